The van der Waals surface area contributed by atoms with Gasteiger partial charge in [0, 0.05) is 25.4 Å². The quantitative estimate of drug-likeness (QED) is 0.840. The molecule has 0 unspecified atom stereocenters. The summed E-state index contributed by atoms with van der Waals surface area (Å²) in [6.45, 7) is 1.38. The highest BCUT2D eigenvalue weighted by Crippen LogP contribution is 2.29. The first-order valence-corrected chi connectivity index (χ1v) is 9.89. The summed E-state index contributed by atoms with van der Waals surface area (Å²) in [7, 11) is 1.60. The molecule has 0 radical (unpaired) electrons. The van der Waals surface area contributed by atoms with Crippen molar-refractivity contribution < 1.29 is 14.3 Å². The molecule has 1 heterocycles. The van der Waals surface area contributed by atoms with E-state index < -0.39 is 0 Å². The van der Waals surface area contributed by atoms with Crippen molar-refractivity contribution in [1.82, 2.24) is 4.90 Å². The van der Waals surface area contributed by atoms with Gasteiger partial charge in [-0.3, -0.25) is 9.59 Å². The molecule has 1 saturated carbocycles. The first kappa shape index (κ1) is 18.7. The molecule has 1 aromatic rings. The van der Waals surface area contributed by atoms with Gasteiger partial charge in [0.2, 0.25) is 11.8 Å². The minimum absolute atomic E-state index is 0.0209. The number of nitrogens with zero attached hydrogens (tertiary/aromatic N) is 1. The summed E-state index contributed by atoms with van der Waals surface area (Å²) in [5.74, 6) is 1.66. The fourth-order valence-corrected chi connectivity index (χ4v) is 4.16. The van der Waals surface area contributed by atoms with E-state index in [9.17, 15) is 9.59 Å². The molecule has 3 rings (SSSR count). The van der Waals surface area contributed by atoms with Crippen LogP contribution in [0.1, 0.15) is 51.4 Å². The van der Waals surface area contributed by atoms with Gasteiger partial charge in [-0.25, -0.2) is 0 Å². The van der Waals surface area contributed by atoms with Gasteiger partial charge in [0.1, 0.15) is 5.75 Å². The molecule has 0 bridgehead atoms. The van der Waals surface area contributed by atoms with Gasteiger partial charge in [0.15, 0.2) is 0 Å². The molecule has 0 spiro atoms. The minimum atomic E-state index is -0.0428. The van der Waals surface area contributed by atoms with Crippen molar-refractivity contribution in [3.05, 3.63) is 24.3 Å². The fourth-order valence-electron chi connectivity index (χ4n) is 4.16. The number of ether oxygens (including phenoxy) is 1. The number of nitrogens with one attached hydrogen (secondary N) is 1. The van der Waals surface area contributed by atoms with Crippen LogP contribution in [-0.4, -0.2) is 36.9 Å². The molecule has 26 heavy (non-hydrogen) atoms. The largest absolute Gasteiger partial charge is 0.495 e. The Morgan fingerprint density at radius 2 is 1.81 bits per heavy atom. The third-order valence-electron chi connectivity index (χ3n) is 5.82. The maximum atomic E-state index is 12.5. The van der Waals surface area contributed by atoms with Crippen LogP contribution in [-0.2, 0) is 9.59 Å². The van der Waals surface area contributed by atoms with Gasteiger partial charge in [-0.15, -0.1) is 0 Å². The van der Waals surface area contributed by atoms with Gasteiger partial charge in [0.05, 0.1) is 12.8 Å². The van der Waals surface area contributed by atoms with Crippen LogP contribution >= 0.6 is 0 Å². The second-order valence-corrected chi connectivity index (χ2v) is 7.53. The summed E-state index contributed by atoms with van der Waals surface area (Å²) < 4.78 is 5.28. The molecule has 142 valence electrons. The molecule has 1 aliphatic carbocycles. The lowest BCUT2D eigenvalue weighted by Gasteiger charge is -2.31. The Bertz CT molecular complexity index is 617. The van der Waals surface area contributed by atoms with Crippen LogP contribution in [0.5, 0.6) is 5.75 Å². The van der Waals surface area contributed by atoms with E-state index in [1.54, 1.807) is 7.11 Å². The SMILES string of the molecule is COc1ccccc1NC(=O)C1CCN(C(=O)CCC2CCCC2)CC1. The van der Waals surface area contributed by atoms with Gasteiger partial charge < -0.3 is 15.0 Å². The number of hydrogen-bond donors (Lipinski definition) is 1. The number of likely N-dealkylation sites (tertiary alicyclic amines) is 1. The van der Waals surface area contributed by atoms with Crippen LogP contribution in [0.25, 0.3) is 0 Å². The zero-order valence-electron chi connectivity index (χ0n) is 15.7. The molecular weight excluding hydrogens is 328 g/mol. The summed E-state index contributed by atoms with van der Waals surface area (Å²) >= 11 is 0. The molecule has 2 fully saturated rings. The van der Waals surface area contributed by atoms with Crippen LogP contribution < -0.4 is 10.1 Å². The summed E-state index contributed by atoms with van der Waals surface area (Å²) in [6, 6.07) is 7.44. The number of methoxy groups -OCH3 is 1. The molecule has 5 nitrogen and oxygen atoms in total. The minimum Gasteiger partial charge on any atom is -0.495 e. The van der Waals surface area contributed by atoms with Crippen LogP contribution in [0, 0.1) is 11.8 Å². The normalized spacial score (nSPS) is 18.7. The van der Waals surface area contributed by atoms with Crippen LogP contribution in [0.15, 0.2) is 24.3 Å². The molecule has 1 N–H and O–H groups in total. The third kappa shape index (κ3) is 4.77. The van der Waals surface area contributed by atoms with Crippen molar-refractivity contribution in [2.45, 2.75) is 51.4 Å². The highest BCUT2D eigenvalue weighted by molar-refractivity contribution is 5.94. The van der Waals surface area contributed by atoms with E-state index in [1.807, 2.05) is 29.2 Å². The number of anilines is 1. The summed E-state index contributed by atoms with van der Waals surface area (Å²) in [5, 5.41) is 2.97. The Hall–Kier alpha value is -2.04. The first-order valence-electron chi connectivity index (χ1n) is 9.89. The van der Waals surface area contributed by atoms with E-state index in [0.29, 0.717) is 30.9 Å². The highest BCUT2D eigenvalue weighted by atomic mass is 16.5. The lowest BCUT2D eigenvalue weighted by molar-refractivity contribution is -0.134. The van der Waals surface area contributed by atoms with Gasteiger partial charge in [0.25, 0.3) is 0 Å². The van der Waals surface area contributed by atoms with E-state index in [-0.39, 0.29) is 17.7 Å². The van der Waals surface area contributed by atoms with Crippen molar-refractivity contribution in [3.8, 4) is 5.75 Å². The van der Waals surface area contributed by atoms with E-state index >= 15 is 0 Å². The maximum absolute atomic E-state index is 12.5. The second-order valence-electron chi connectivity index (χ2n) is 7.53. The molecule has 1 saturated heterocycles. The van der Waals surface area contributed by atoms with Crippen molar-refractivity contribution >= 4 is 17.5 Å². The number of carbonyl (C=O) groups excluding carboxylic acids is 2. The second kappa shape index (κ2) is 9.06. The predicted molar refractivity (Wildman–Crippen MR) is 102 cm³/mol. The molecule has 0 atom stereocenters. The van der Waals surface area contributed by atoms with Gasteiger partial charge >= 0.3 is 0 Å². The maximum Gasteiger partial charge on any atom is 0.227 e. The molecule has 0 aromatic heterocycles. The average Bonchev–Trinajstić information content (AvgIpc) is 3.20. The Kier molecular flexibility index (Phi) is 6.53. The Labute approximate surface area is 156 Å². The van der Waals surface area contributed by atoms with Crippen molar-refractivity contribution in [2.75, 3.05) is 25.5 Å². The Morgan fingerprint density at radius 1 is 1.12 bits per heavy atom. The first-order chi connectivity index (χ1) is 12.7. The van der Waals surface area contributed by atoms with Gasteiger partial charge in [-0.2, -0.15) is 0 Å². The van der Waals surface area contributed by atoms with Crippen molar-refractivity contribution in [3.63, 3.8) is 0 Å². The monoisotopic (exact) mass is 358 g/mol. The van der Waals surface area contributed by atoms with Crippen molar-refractivity contribution in [2.24, 2.45) is 11.8 Å². The molecule has 1 aliphatic heterocycles. The Balaban J connectivity index is 1.43. The van der Waals surface area contributed by atoms with Crippen LogP contribution in [0.4, 0.5) is 5.69 Å². The lowest BCUT2D eigenvalue weighted by atomic mass is 9.95. The molecule has 2 amide bonds. The fraction of sp³-hybridized carbons (Fsp3) is 0.619. The summed E-state index contributed by atoms with van der Waals surface area (Å²) in [5.41, 5.74) is 0.704. The zero-order valence-corrected chi connectivity index (χ0v) is 15.7. The number of rotatable bonds is 6. The summed E-state index contributed by atoms with van der Waals surface area (Å²) in [4.78, 5) is 26.9. The molecule has 5 heteroatoms. The number of piperidine rings is 1. The number of para-hydroxylation sites is 2. The van der Waals surface area contributed by atoms with Crippen molar-refractivity contribution in [1.29, 1.82) is 0 Å². The summed E-state index contributed by atoms with van der Waals surface area (Å²) in [6.07, 6.45) is 8.40. The standard InChI is InChI=1S/C21H30N2O3/c1-26-19-9-5-4-8-18(19)22-21(25)17-12-14-23(15-13-17)20(24)11-10-16-6-2-3-7-16/h4-5,8-9,16-17H,2-3,6-7,10-15H2,1H3,(H,22,25). The van der Waals surface area contributed by atoms with E-state index in [0.717, 1.165) is 25.2 Å². The van der Waals surface area contributed by atoms with E-state index in [1.165, 1.54) is 25.7 Å². The van der Waals surface area contributed by atoms with Gasteiger partial charge in [-0.1, -0.05) is 37.8 Å². The number of carbonyl (C=O) groups is 2. The smallest absolute Gasteiger partial charge is 0.227 e. The van der Waals surface area contributed by atoms with Crippen LogP contribution in [0.2, 0.25) is 0 Å². The average molecular weight is 358 g/mol. The van der Waals surface area contributed by atoms with E-state index in [4.69, 9.17) is 4.74 Å². The predicted octanol–water partition coefficient (Wildman–Crippen LogP) is 3.84. The Morgan fingerprint density at radius 3 is 2.50 bits per heavy atom. The lowest BCUT2D eigenvalue weighted by Crippen LogP contribution is -2.41. The third-order valence-corrected chi connectivity index (χ3v) is 5.82. The highest BCUT2D eigenvalue weighted by Gasteiger charge is 2.28. The van der Waals surface area contributed by atoms with Crippen LogP contribution in [0.3, 0.4) is 0 Å². The number of hydrogen-bond acceptors (Lipinski definition) is 3. The molecule has 1 aromatic carbocycles. The van der Waals surface area contributed by atoms with E-state index in [2.05, 4.69) is 5.32 Å². The number of amides is 2. The number of benzene rings is 1. The molecular formula is C21H30N2O3. The topological polar surface area (TPSA) is 58.6 Å². The molecule has 2 aliphatic rings. The zero-order chi connectivity index (χ0) is 18.4. The van der Waals surface area contributed by atoms with Gasteiger partial charge in [-0.05, 0) is 37.3 Å².